The molecule has 2 aliphatic heterocycles. The summed E-state index contributed by atoms with van der Waals surface area (Å²) in [4.78, 5) is 19.3. The molecule has 1 aromatic carbocycles. The van der Waals surface area contributed by atoms with Crippen molar-refractivity contribution in [3.8, 4) is 0 Å². The smallest absolute Gasteiger partial charge is 0.253 e. The van der Waals surface area contributed by atoms with Gasteiger partial charge in [-0.3, -0.25) is 4.79 Å². The first-order valence-electron chi connectivity index (χ1n) is 8.79. The molecule has 2 saturated heterocycles. The second-order valence-corrected chi connectivity index (χ2v) is 6.62. The molecule has 1 aromatic rings. The van der Waals surface area contributed by atoms with Crippen LogP contribution in [0.5, 0.6) is 0 Å². The van der Waals surface area contributed by atoms with Gasteiger partial charge in [-0.15, -0.1) is 0 Å². The molecule has 2 N–H and O–H groups in total. The normalized spacial score (nSPS) is 23.1. The number of amides is 1. The molecule has 2 aliphatic rings. The van der Waals surface area contributed by atoms with E-state index in [0.29, 0.717) is 6.54 Å². The predicted octanol–water partition coefficient (Wildman–Crippen LogP) is 1.39. The Labute approximate surface area is 139 Å². The zero-order valence-electron chi connectivity index (χ0n) is 14.1. The van der Waals surface area contributed by atoms with Crippen LogP contribution in [0.2, 0.25) is 0 Å². The summed E-state index contributed by atoms with van der Waals surface area (Å²) in [7, 11) is 0. The van der Waals surface area contributed by atoms with Crippen LogP contribution >= 0.6 is 0 Å². The minimum Gasteiger partial charge on any atom is -0.369 e. The highest BCUT2D eigenvalue weighted by atomic mass is 16.2. The van der Waals surface area contributed by atoms with E-state index in [-0.39, 0.29) is 11.9 Å². The van der Waals surface area contributed by atoms with Gasteiger partial charge in [-0.1, -0.05) is 6.92 Å². The van der Waals surface area contributed by atoms with Gasteiger partial charge < -0.3 is 20.4 Å². The molecule has 0 spiro atoms. The van der Waals surface area contributed by atoms with E-state index in [1.165, 1.54) is 5.69 Å². The number of nitrogens with two attached hydrogens (primary N) is 1. The predicted molar refractivity (Wildman–Crippen MR) is 93.9 cm³/mol. The van der Waals surface area contributed by atoms with Crippen molar-refractivity contribution in [2.24, 2.45) is 5.73 Å². The Bertz CT molecular complexity index is 522. The van der Waals surface area contributed by atoms with Crippen LogP contribution in [-0.4, -0.2) is 67.6 Å². The lowest BCUT2D eigenvalue weighted by Gasteiger charge is -2.35. The molecule has 1 atom stereocenters. The van der Waals surface area contributed by atoms with Gasteiger partial charge in [-0.25, -0.2) is 0 Å². The van der Waals surface area contributed by atoms with Crippen LogP contribution in [-0.2, 0) is 0 Å². The molecule has 1 unspecified atom stereocenters. The second-order valence-electron chi connectivity index (χ2n) is 6.62. The van der Waals surface area contributed by atoms with E-state index in [9.17, 15) is 4.79 Å². The standard InChI is InChI=1S/C18H28N4O/c1-2-20-10-12-21(13-11-20)17-7-5-15(6-8-17)18(23)22-9-3-4-16(19)14-22/h5-8,16H,2-4,9-14,19H2,1H3. The largest absolute Gasteiger partial charge is 0.369 e. The van der Waals surface area contributed by atoms with Crippen LogP contribution in [0.25, 0.3) is 0 Å². The van der Waals surface area contributed by atoms with Crippen molar-refractivity contribution in [1.29, 1.82) is 0 Å². The number of piperidine rings is 1. The molecule has 0 bridgehead atoms. The van der Waals surface area contributed by atoms with Gasteiger partial charge in [0.15, 0.2) is 0 Å². The van der Waals surface area contributed by atoms with E-state index in [4.69, 9.17) is 5.73 Å². The Morgan fingerprint density at radius 1 is 1.13 bits per heavy atom. The van der Waals surface area contributed by atoms with Crippen LogP contribution in [0.4, 0.5) is 5.69 Å². The molecule has 0 aromatic heterocycles. The lowest BCUT2D eigenvalue weighted by Crippen LogP contribution is -2.46. The van der Waals surface area contributed by atoms with Crippen molar-refractivity contribution in [2.75, 3.05) is 50.7 Å². The molecule has 0 saturated carbocycles. The van der Waals surface area contributed by atoms with Gasteiger partial charge in [0, 0.05) is 56.6 Å². The van der Waals surface area contributed by atoms with Crippen LogP contribution in [0.1, 0.15) is 30.1 Å². The summed E-state index contributed by atoms with van der Waals surface area (Å²) in [5.74, 6) is 0.113. The van der Waals surface area contributed by atoms with Gasteiger partial charge in [0.25, 0.3) is 5.91 Å². The highest BCUT2D eigenvalue weighted by molar-refractivity contribution is 5.94. The van der Waals surface area contributed by atoms with Gasteiger partial charge in [0.2, 0.25) is 0 Å². The Morgan fingerprint density at radius 2 is 1.83 bits per heavy atom. The monoisotopic (exact) mass is 316 g/mol. The summed E-state index contributed by atoms with van der Waals surface area (Å²) < 4.78 is 0. The molecular formula is C18H28N4O. The molecule has 23 heavy (non-hydrogen) atoms. The molecule has 0 radical (unpaired) electrons. The minimum absolute atomic E-state index is 0.113. The number of carbonyl (C=O) groups excluding carboxylic acids is 1. The number of likely N-dealkylation sites (N-methyl/N-ethyl adjacent to an activating group) is 1. The molecule has 0 aliphatic carbocycles. The highest BCUT2D eigenvalue weighted by Gasteiger charge is 2.22. The second kappa shape index (κ2) is 7.32. The van der Waals surface area contributed by atoms with Gasteiger partial charge >= 0.3 is 0 Å². The first-order chi connectivity index (χ1) is 11.2. The van der Waals surface area contributed by atoms with E-state index in [0.717, 1.165) is 57.7 Å². The van der Waals surface area contributed by atoms with E-state index >= 15 is 0 Å². The third-order valence-electron chi connectivity index (χ3n) is 5.04. The fraction of sp³-hybridized carbons (Fsp3) is 0.611. The van der Waals surface area contributed by atoms with Crippen LogP contribution in [0.3, 0.4) is 0 Å². The molecule has 3 rings (SSSR count). The number of benzene rings is 1. The summed E-state index contributed by atoms with van der Waals surface area (Å²) >= 11 is 0. The lowest BCUT2D eigenvalue weighted by atomic mass is 10.1. The van der Waals surface area contributed by atoms with Crippen molar-refractivity contribution < 1.29 is 4.79 Å². The fourth-order valence-electron chi connectivity index (χ4n) is 3.51. The number of carbonyl (C=O) groups is 1. The summed E-state index contributed by atoms with van der Waals surface area (Å²) in [5, 5.41) is 0. The molecule has 2 heterocycles. The van der Waals surface area contributed by atoms with E-state index < -0.39 is 0 Å². The van der Waals surface area contributed by atoms with Gasteiger partial charge in [-0.2, -0.15) is 0 Å². The molecule has 126 valence electrons. The number of piperazine rings is 1. The summed E-state index contributed by atoms with van der Waals surface area (Å²) in [5.41, 5.74) is 7.97. The third-order valence-corrected chi connectivity index (χ3v) is 5.04. The average Bonchev–Trinajstić information content (AvgIpc) is 2.61. The number of hydrogen-bond donors (Lipinski definition) is 1. The third kappa shape index (κ3) is 3.85. The Kier molecular flexibility index (Phi) is 5.18. The Hall–Kier alpha value is -1.59. The fourth-order valence-corrected chi connectivity index (χ4v) is 3.51. The average molecular weight is 316 g/mol. The zero-order chi connectivity index (χ0) is 16.2. The Balaban J connectivity index is 1.62. The number of rotatable bonds is 3. The first kappa shape index (κ1) is 16.3. The molecule has 5 nitrogen and oxygen atoms in total. The van der Waals surface area contributed by atoms with Crippen molar-refractivity contribution in [1.82, 2.24) is 9.80 Å². The molecular weight excluding hydrogens is 288 g/mol. The topological polar surface area (TPSA) is 52.8 Å². The maximum atomic E-state index is 12.6. The van der Waals surface area contributed by atoms with E-state index in [2.05, 4.69) is 28.9 Å². The SMILES string of the molecule is CCN1CCN(c2ccc(C(=O)N3CCCC(N)C3)cc2)CC1. The van der Waals surface area contributed by atoms with Crippen LogP contribution in [0.15, 0.2) is 24.3 Å². The maximum Gasteiger partial charge on any atom is 0.253 e. The van der Waals surface area contributed by atoms with Gasteiger partial charge in [-0.05, 0) is 43.7 Å². The van der Waals surface area contributed by atoms with Crippen LogP contribution in [0, 0.1) is 0 Å². The van der Waals surface area contributed by atoms with E-state index in [1.807, 2.05) is 17.0 Å². The number of hydrogen-bond acceptors (Lipinski definition) is 4. The lowest BCUT2D eigenvalue weighted by molar-refractivity contribution is 0.0709. The zero-order valence-corrected chi connectivity index (χ0v) is 14.1. The quantitative estimate of drug-likeness (QED) is 0.916. The highest BCUT2D eigenvalue weighted by Crippen LogP contribution is 2.19. The minimum atomic E-state index is 0.113. The molecule has 1 amide bonds. The van der Waals surface area contributed by atoms with Crippen molar-refractivity contribution in [2.45, 2.75) is 25.8 Å². The summed E-state index contributed by atoms with van der Waals surface area (Å²) in [6, 6.07) is 8.22. The first-order valence-corrected chi connectivity index (χ1v) is 8.79. The summed E-state index contributed by atoms with van der Waals surface area (Å²) in [6.07, 6.45) is 2.03. The van der Waals surface area contributed by atoms with E-state index in [1.54, 1.807) is 0 Å². The van der Waals surface area contributed by atoms with Crippen molar-refractivity contribution >= 4 is 11.6 Å². The molecule has 5 heteroatoms. The van der Waals surface area contributed by atoms with Gasteiger partial charge in [0.05, 0.1) is 0 Å². The number of likely N-dealkylation sites (tertiary alicyclic amines) is 1. The maximum absolute atomic E-state index is 12.6. The molecule has 2 fully saturated rings. The van der Waals surface area contributed by atoms with Crippen molar-refractivity contribution in [3.05, 3.63) is 29.8 Å². The number of anilines is 1. The summed E-state index contributed by atoms with van der Waals surface area (Å²) in [6.45, 7) is 9.19. The van der Waals surface area contributed by atoms with Crippen molar-refractivity contribution in [3.63, 3.8) is 0 Å². The number of nitrogens with zero attached hydrogens (tertiary/aromatic N) is 3. The van der Waals surface area contributed by atoms with Crippen LogP contribution < -0.4 is 10.6 Å². The Morgan fingerprint density at radius 3 is 2.43 bits per heavy atom. The van der Waals surface area contributed by atoms with Gasteiger partial charge in [0.1, 0.15) is 0 Å².